The zero-order valence-electron chi connectivity index (χ0n) is 12.7. The average Bonchev–Trinajstić information content (AvgIpc) is 3.41. The lowest BCUT2D eigenvalue weighted by Gasteiger charge is -2.06. The molecule has 0 atom stereocenters. The number of hydrogen-bond acceptors (Lipinski definition) is 3. The summed E-state index contributed by atoms with van der Waals surface area (Å²) in [6, 6.07) is 12.4. The second-order valence-electron chi connectivity index (χ2n) is 5.63. The van der Waals surface area contributed by atoms with E-state index in [1.54, 1.807) is 18.2 Å². The Balaban J connectivity index is 1.54. The van der Waals surface area contributed by atoms with Gasteiger partial charge in [0, 0.05) is 22.1 Å². The van der Waals surface area contributed by atoms with Crippen LogP contribution in [0.25, 0.3) is 0 Å². The van der Waals surface area contributed by atoms with Crippen molar-refractivity contribution in [2.45, 2.75) is 17.7 Å². The Morgan fingerprint density at radius 3 is 2.38 bits per heavy atom. The third-order valence-corrected chi connectivity index (χ3v) is 5.43. The van der Waals surface area contributed by atoms with E-state index in [0.717, 1.165) is 23.4 Å². The zero-order valence-corrected chi connectivity index (χ0v) is 15.0. The number of hydrogen-bond donors (Lipinski definition) is 1. The molecule has 0 radical (unpaired) electrons. The first-order valence-corrected chi connectivity index (χ1v) is 9.29. The molecule has 6 heteroatoms. The molecule has 0 aromatic heterocycles. The van der Waals surface area contributed by atoms with Gasteiger partial charge in [-0.05, 0) is 55.3 Å². The molecule has 1 aliphatic carbocycles. The predicted octanol–water partition coefficient (Wildman–Crippen LogP) is 5.32. The fraction of sp³-hybridized carbons (Fsp3) is 0.222. The Hall–Kier alpha value is -1.49. The van der Waals surface area contributed by atoms with Crippen molar-refractivity contribution in [3.05, 3.63) is 58.1 Å². The van der Waals surface area contributed by atoms with Crippen molar-refractivity contribution in [3.8, 4) is 0 Å². The summed E-state index contributed by atoms with van der Waals surface area (Å²) in [5, 5.41) is 3.70. The number of benzene rings is 2. The number of anilines is 1. The minimum atomic E-state index is -0.00956. The average molecular weight is 380 g/mol. The second kappa shape index (κ2) is 7.60. The molecule has 0 saturated heterocycles. The van der Waals surface area contributed by atoms with Crippen LogP contribution >= 0.6 is 35.0 Å². The van der Waals surface area contributed by atoms with Gasteiger partial charge in [-0.15, -0.1) is 11.8 Å². The summed E-state index contributed by atoms with van der Waals surface area (Å²) < 4.78 is 0. The molecule has 0 heterocycles. The number of nitrogens with one attached hydrogen (secondary N) is 1. The number of Topliss-reactive ketones (excluding diaryl/α,β-unsaturated/α-hetero) is 1. The van der Waals surface area contributed by atoms with Crippen molar-refractivity contribution >= 4 is 52.3 Å². The van der Waals surface area contributed by atoms with Gasteiger partial charge in [-0.3, -0.25) is 9.59 Å². The van der Waals surface area contributed by atoms with Gasteiger partial charge in [0.2, 0.25) is 5.91 Å². The van der Waals surface area contributed by atoms with Crippen LogP contribution in [0.1, 0.15) is 23.2 Å². The summed E-state index contributed by atoms with van der Waals surface area (Å²) in [5.74, 6) is 0.573. The number of amides is 1. The first-order chi connectivity index (χ1) is 11.5. The van der Waals surface area contributed by atoms with E-state index in [9.17, 15) is 9.59 Å². The highest BCUT2D eigenvalue weighted by atomic mass is 35.5. The molecule has 1 fully saturated rings. The van der Waals surface area contributed by atoms with E-state index >= 15 is 0 Å². The van der Waals surface area contributed by atoms with Crippen molar-refractivity contribution in [2.75, 3.05) is 11.1 Å². The van der Waals surface area contributed by atoms with E-state index in [1.807, 2.05) is 24.3 Å². The summed E-state index contributed by atoms with van der Waals surface area (Å²) in [7, 11) is 0. The van der Waals surface area contributed by atoms with Crippen LogP contribution in [0.2, 0.25) is 10.0 Å². The van der Waals surface area contributed by atoms with Crippen LogP contribution in [-0.2, 0) is 4.79 Å². The van der Waals surface area contributed by atoms with E-state index in [-0.39, 0.29) is 17.6 Å². The van der Waals surface area contributed by atoms with Gasteiger partial charge in [0.1, 0.15) is 0 Å². The standard InChI is InChI=1S/C18H15Cl2NO2S/c19-15-8-3-12(9-16(15)20)17(22)10-24-14-6-4-13(5-7-14)21-18(23)11-1-2-11/h3-9,11H,1-2,10H2,(H,21,23). The van der Waals surface area contributed by atoms with Crippen molar-refractivity contribution in [1.82, 2.24) is 0 Å². The molecular weight excluding hydrogens is 365 g/mol. The molecule has 1 saturated carbocycles. The molecule has 0 spiro atoms. The Morgan fingerprint density at radius 1 is 1.04 bits per heavy atom. The molecule has 1 amide bonds. The fourth-order valence-electron chi connectivity index (χ4n) is 2.13. The molecule has 3 rings (SSSR count). The SMILES string of the molecule is O=C(CSc1ccc(NC(=O)C2CC2)cc1)c1ccc(Cl)c(Cl)c1. The topological polar surface area (TPSA) is 46.2 Å². The van der Waals surface area contributed by atoms with E-state index in [4.69, 9.17) is 23.2 Å². The number of ketones is 1. The highest BCUT2D eigenvalue weighted by molar-refractivity contribution is 8.00. The Bertz CT molecular complexity index is 773. The number of rotatable bonds is 6. The van der Waals surface area contributed by atoms with Crippen LogP contribution in [0.15, 0.2) is 47.4 Å². The van der Waals surface area contributed by atoms with Crippen LogP contribution in [0.3, 0.4) is 0 Å². The van der Waals surface area contributed by atoms with Gasteiger partial charge < -0.3 is 5.32 Å². The summed E-state index contributed by atoms with van der Waals surface area (Å²) in [6.45, 7) is 0. The molecule has 1 aliphatic rings. The van der Waals surface area contributed by atoms with Crippen molar-refractivity contribution in [2.24, 2.45) is 5.92 Å². The molecule has 2 aromatic rings. The predicted molar refractivity (Wildman–Crippen MR) is 99.3 cm³/mol. The number of carbonyl (C=O) groups excluding carboxylic acids is 2. The molecule has 1 N–H and O–H groups in total. The summed E-state index contributed by atoms with van der Waals surface area (Å²) >= 11 is 13.2. The Labute approximate surface area is 154 Å². The van der Waals surface area contributed by atoms with Gasteiger partial charge in [-0.1, -0.05) is 23.2 Å². The molecule has 24 heavy (non-hydrogen) atoms. The van der Waals surface area contributed by atoms with Gasteiger partial charge in [-0.2, -0.15) is 0 Å². The molecule has 3 nitrogen and oxygen atoms in total. The molecule has 0 unspecified atom stereocenters. The van der Waals surface area contributed by atoms with Crippen molar-refractivity contribution in [1.29, 1.82) is 0 Å². The van der Waals surface area contributed by atoms with Crippen LogP contribution in [-0.4, -0.2) is 17.4 Å². The number of carbonyl (C=O) groups is 2. The smallest absolute Gasteiger partial charge is 0.227 e. The Morgan fingerprint density at radius 2 is 1.75 bits per heavy atom. The van der Waals surface area contributed by atoms with Crippen LogP contribution in [0, 0.1) is 5.92 Å². The maximum absolute atomic E-state index is 12.2. The van der Waals surface area contributed by atoms with Gasteiger partial charge >= 0.3 is 0 Å². The molecule has 0 aliphatic heterocycles. The molecule has 2 aromatic carbocycles. The highest BCUT2D eigenvalue weighted by Gasteiger charge is 2.29. The normalized spacial score (nSPS) is 13.6. The van der Waals surface area contributed by atoms with Crippen LogP contribution in [0.5, 0.6) is 0 Å². The van der Waals surface area contributed by atoms with Gasteiger partial charge in [0.15, 0.2) is 5.78 Å². The van der Waals surface area contributed by atoms with E-state index in [1.165, 1.54) is 11.8 Å². The van der Waals surface area contributed by atoms with E-state index in [2.05, 4.69) is 5.32 Å². The molecule has 124 valence electrons. The Kier molecular flexibility index (Phi) is 5.49. The van der Waals surface area contributed by atoms with Crippen LogP contribution in [0.4, 0.5) is 5.69 Å². The maximum atomic E-state index is 12.2. The summed E-state index contributed by atoms with van der Waals surface area (Å²) in [5.41, 5.74) is 1.33. The lowest BCUT2D eigenvalue weighted by atomic mass is 10.1. The van der Waals surface area contributed by atoms with Crippen LogP contribution < -0.4 is 5.32 Å². The summed E-state index contributed by atoms with van der Waals surface area (Å²) in [4.78, 5) is 24.9. The maximum Gasteiger partial charge on any atom is 0.227 e. The van der Waals surface area contributed by atoms with Gasteiger partial charge in [-0.25, -0.2) is 0 Å². The van der Waals surface area contributed by atoms with Gasteiger partial charge in [0.05, 0.1) is 15.8 Å². The van der Waals surface area contributed by atoms with Crippen molar-refractivity contribution in [3.63, 3.8) is 0 Å². The van der Waals surface area contributed by atoms with Crippen molar-refractivity contribution < 1.29 is 9.59 Å². The number of halogens is 2. The zero-order chi connectivity index (χ0) is 17.1. The molecular formula is C18H15Cl2NO2S. The quantitative estimate of drug-likeness (QED) is 0.545. The first-order valence-electron chi connectivity index (χ1n) is 7.55. The third kappa shape index (κ3) is 4.53. The van der Waals surface area contributed by atoms with E-state index in [0.29, 0.717) is 21.4 Å². The number of thioether (sulfide) groups is 1. The fourth-order valence-corrected chi connectivity index (χ4v) is 3.22. The highest BCUT2D eigenvalue weighted by Crippen LogP contribution is 2.30. The summed E-state index contributed by atoms with van der Waals surface area (Å²) in [6.07, 6.45) is 1.97. The second-order valence-corrected chi connectivity index (χ2v) is 7.49. The monoisotopic (exact) mass is 379 g/mol. The minimum Gasteiger partial charge on any atom is -0.326 e. The lowest BCUT2D eigenvalue weighted by Crippen LogP contribution is -2.12. The van der Waals surface area contributed by atoms with E-state index < -0.39 is 0 Å². The minimum absolute atomic E-state index is 0.00956. The first kappa shape index (κ1) is 17.3. The largest absolute Gasteiger partial charge is 0.326 e. The molecule has 0 bridgehead atoms. The third-order valence-electron chi connectivity index (χ3n) is 3.68. The van der Waals surface area contributed by atoms with Gasteiger partial charge in [0.25, 0.3) is 0 Å². The lowest BCUT2D eigenvalue weighted by molar-refractivity contribution is -0.117.